The zero-order valence-electron chi connectivity index (χ0n) is 17.6. The number of methoxy groups -OCH3 is 4. The van der Waals surface area contributed by atoms with Gasteiger partial charge >= 0.3 is 0 Å². The Morgan fingerprint density at radius 3 is 2.03 bits per heavy atom. The molecule has 0 radical (unpaired) electrons. The van der Waals surface area contributed by atoms with Crippen LogP contribution in [0.3, 0.4) is 0 Å². The van der Waals surface area contributed by atoms with Crippen LogP contribution in [0.15, 0.2) is 40.3 Å². The molecule has 9 nitrogen and oxygen atoms in total. The van der Waals surface area contributed by atoms with E-state index in [4.69, 9.17) is 23.7 Å². The molecule has 2 rings (SSSR count). The van der Waals surface area contributed by atoms with Crippen LogP contribution in [0.2, 0.25) is 0 Å². The molecule has 0 spiro atoms. The first-order valence-electron chi connectivity index (χ1n) is 9.05. The number of nitrogens with one attached hydrogen (secondary N) is 1. The molecule has 30 heavy (non-hydrogen) atoms. The van der Waals surface area contributed by atoms with Crippen LogP contribution in [-0.2, 0) is 10.0 Å². The van der Waals surface area contributed by atoms with Crippen LogP contribution >= 0.6 is 0 Å². The molecule has 0 amide bonds. The maximum atomic E-state index is 12.5. The van der Waals surface area contributed by atoms with Gasteiger partial charge in [-0.05, 0) is 30.7 Å². The Morgan fingerprint density at radius 1 is 0.900 bits per heavy atom. The van der Waals surface area contributed by atoms with Gasteiger partial charge in [0.05, 0.1) is 46.2 Å². The number of benzene rings is 2. The molecule has 164 valence electrons. The van der Waals surface area contributed by atoms with Gasteiger partial charge < -0.3 is 23.7 Å². The molecule has 0 heterocycles. The first-order valence-corrected chi connectivity index (χ1v) is 10.5. The first kappa shape index (κ1) is 23.1. The SMILES string of the molecule is CCCOc1c(OC)cc(/C=N/NS(=O)(=O)c2ccc(OC)c(OC)c2)cc1OC. The zero-order chi connectivity index (χ0) is 22.1. The summed E-state index contributed by atoms with van der Waals surface area (Å²) in [5.41, 5.74) is 0.558. The normalized spacial score (nSPS) is 11.2. The molecule has 0 saturated carbocycles. The van der Waals surface area contributed by atoms with Gasteiger partial charge in [0.2, 0.25) is 5.75 Å². The lowest BCUT2D eigenvalue weighted by atomic mass is 10.2. The van der Waals surface area contributed by atoms with Gasteiger partial charge in [-0.3, -0.25) is 0 Å². The van der Waals surface area contributed by atoms with E-state index < -0.39 is 10.0 Å². The number of hydrogen-bond acceptors (Lipinski definition) is 8. The largest absolute Gasteiger partial charge is 0.493 e. The van der Waals surface area contributed by atoms with Crippen molar-refractivity contribution in [2.24, 2.45) is 5.10 Å². The van der Waals surface area contributed by atoms with Crippen LogP contribution in [0, 0.1) is 0 Å². The zero-order valence-corrected chi connectivity index (χ0v) is 18.4. The summed E-state index contributed by atoms with van der Waals surface area (Å²) < 4.78 is 51.7. The molecule has 2 aromatic rings. The molecule has 2 aromatic carbocycles. The molecular formula is C20H26N2O7S. The topological polar surface area (TPSA) is 105 Å². The Balaban J connectivity index is 2.25. The Labute approximate surface area is 176 Å². The fourth-order valence-electron chi connectivity index (χ4n) is 2.53. The molecule has 0 aliphatic rings. The molecule has 1 N–H and O–H groups in total. The Morgan fingerprint density at radius 2 is 1.50 bits per heavy atom. The van der Waals surface area contributed by atoms with Crippen LogP contribution < -0.4 is 28.5 Å². The maximum absolute atomic E-state index is 12.5. The minimum absolute atomic E-state index is 0.0178. The Bertz CT molecular complexity index is 966. The van der Waals surface area contributed by atoms with E-state index in [1.807, 2.05) is 6.92 Å². The third-order valence-corrected chi connectivity index (χ3v) is 5.21. The molecule has 0 bridgehead atoms. The summed E-state index contributed by atoms with van der Waals surface area (Å²) in [5, 5.41) is 3.84. The standard InChI is InChI=1S/C20H26N2O7S/c1-6-9-29-20-18(27-4)10-14(11-19(20)28-5)13-21-22-30(23,24)15-7-8-16(25-2)17(12-15)26-3/h7-8,10-13,22H,6,9H2,1-5H3/b21-13+. The van der Waals surface area contributed by atoms with Crippen molar-refractivity contribution in [2.75, 3.05) is 35.0 Å². The summed E-state index contributed by atoms with van der Waals surface area (Å²) in [5.74, 6) is 2.09. The van der Waals surface area contributed by atoms with E-state index in [9.17, 15) is 8.42 Å². The maximum Gasteiger partial charge on any atom is 0.276 e. The summed E-state index contributed by atoms with van der Waals surface area (Å²) in [7, 11) is 2.00. The van der Waals surface area contributed by atoms with E-state index in [0.717, 1.165) is 6.42 Å². The van der Waals surface area contributed by atoms with Crippen molar-refractivity contribution in [3.05, 3.63) is 35.9 Å². The Hall–Kier alpha value is -3.14. The number of ether oxygens (including phenoxy) is 5. The van der Waals surface area contributed by atoms with Crippen LogP contribution in [0.25, 0.3) is 0 Å². The van der Waals surface area contributed by atoms with E-state index in [1.165, 1.54) is 52.9 Å². The summed E-state index contributed by atoms with van der Waals surface area (Å²) in [6.07, 6.45) is 2.17. The summed E-state index contributed by atoms with van der Waals surface area (Å²) in [4.78, 5) is 2.15. The molecule has 0 atom stereocenters. The predicted molar refractivity (Wildman–Crippen MR) is 113 cm³/mol. The molecule has 0 unspecified atom stereocenters. The van der Waals surface area contributed by atoms with Crippen molar-refractivity contribution in [1.29, 1.82) is 0 Å². The molecule has 0 saturated heterocycles. The second kappa shape index (κ2) is 10.6. The van der Waals surface area contributed by atoms with Crippen LogP contribution in [0.4, 0.5) is 0 Å². The highest BCUT2D eigenvalue weighted by atomic mass is 32.2. The minimum Gasteiger partial charge on any atom is -0.493 e. The fourth-order valence-corrected chi connectivity index (χ4v) is 3.33. The van der Waals surface area contributed by atoms with Crippen molar-refractivity contribution < 1.29 is 32.1 Å². The number of nitrogens with zero attached hydrogens (tertiary/aromatic N) is 1. The van der Waals surface area contributed by atoms with E-state index in [2.05, 4.69) is 9.93 Å². The monoisotopic (exact) mass is 438 g/mol. The van der Waals surface area contributed by atoms with E-state index in [0.29, 0.717) is 40.9 Å². The second-order valence-corrected chi connectivity index (χ2v) is 7.63. The Kier molecular flexibility index (Phi) is 8.16. The van der Waals surface area contributed by atoms with Gasteiger partial charge in [-0.2, -0.15) is 13.5 Å². The van der Waals surface area contributed by atoms with Gasteiger partial charge in [-0.1, -0.05) is 6.92 Å². The molecular weight excluding hydrogens is 412 g/mol. The minimum atomic E-state index is -3.91. The molecule has 0 fully saturated rings. The fraction of sp³-hybridized carbons (Fsp3) is 0.350. The van der Waals surface area contributed by atoms with E-state index in [1.54, 1.807) is 12.1 Å². The molecule has 0 aromatic heterocycles. The number of rotatable bonds is 11. The van der Waals surface area contributed by atoms with Crippen LogP contribution in [0.1, 0.15) is 18.9 Å². The smallest absolute Gasteiger partial charge is 0.276 e. The van der Waals surface area contributed by atoms with Crippen molar-refractivity contribution in [1.82, 2.24) is 4.83 Å². The summed E-state index contributed by atoms with van der Waals surface area (Å²) >= 11 is 0. The van der Waals surface area contributed by atoms with E-state index in [-0.39, 0.29) is 4.90 Å². The lowest BCUT2D eigenvalue weighted by Crippen LogP contribution is -2.18. The van der Waals surface area contributed by atoms with Crippen molar-refractivity contribution in [3.8, 4) is 28.7 Å². The van der Waals surface area contributed by atoms with Crippen LogP contribution in [-0.4, -0.2) is 49.7 Å². The summed E-state index contributed by atoms with van der Waals surface area (Å²) in [6.45, 7) is 2.50. The van der Waals surface area contributed by atoms with Gasteiger partial charge in [0.1, 0.15) is 0 Å². The number of hydrazone groups is 1. The summed E-state index contributed by atoms with van der Waals surface area (Å²) in [6, 6.07) is 7.58. The van der Waals surface area contributed by atoms with Gasteiger partial charge in [-0.15, -0.1) is 0 Å². The molecule has 0 aliphatic carbocycles. The highest BCUT2D eigenvalue weighted by Gasteiger charge is 2.17. The van der Waals surface area contributed by atoms with Crippen molar-refractivity contribution >= 4 is 16.2 Å². The number of hydrogen-bond donors (Lipinski definition) is 1. The third kappa shape index (κ3) is 5.47. The molecule has 10 heteroatoms. The quantitative estimate of drug-likeness (QED) is 0.425. The average Bonchev–Trinajstić information content (AvgIpc) is 2.76. The van der Waals surface area contributed by atoms with Gasteiger partial charge in [-0.25, -0.2) is 4.83 Å². The highest BCUT2D eigenvalue weighted by molar-refractivity contribution is 7.89. The van der Waals surface area contributed by atoms with E-state index >= 15 is 0 Å². The van der Waals surface area contributed by atoms with Gasteiger partial charge in [0, 0.05) is 11.6 Å². The van der Waals surface area contributed by atoms with Gasteiger partial charge in [0.15, 0.2) is 23.0 Å². The highest BCUT2D eigenvalue weighted by Crippen LogP contribution is 2.38. The number of sulfonamides is 1. The third-order valence-electron chi connectivity index (χ3n) is 3.99. The first-order chi connectivity index (χ1) is 14.4. The van der Waals surface area contributed by atoms with Crippen LogP contribution in [0.5, 0.6) is 28.7 Å². The predicted octanol–water partition coefficient (Wildman–Crippen LogP) is 2.82. The van der Waals surface area contributed by atoms with Crippen molar-refractivity contribution in [2.45, 2.75) is 18.2 Å². The molecule has 0 aliphatic heterocycles. The van der Waals surface area contributed by atoms with Crippen molar-refractivity contribution in [3.63, 3.8) is 0 Å². The second-order valence-electron chi connectivity index (χ2n) is 5.97. The van der Waals surface area contributed by atoms with Gasteiger partial charge in [0.25, 0.3) is 10.0 Å². The lowest BCUT2D eigenvalue weighted by molar-refractivity contribution is 0.275. The lowest BCUT2D eigenvalue weighted by Gasteiger charge is -2.14. The average molecular weight is 439 g/mol.